The molecule has 37 heavy (non-hydrogen) atoms. The largest absolute Gasteiger partial charge is 0.493 e. The highest BCUT2D eigenvalue weighted by atomic mass is 35.5. The molecule has 0 bridgehead atoms. The number of likely N-dealkylation sites (N-methyl/N-ethyl adjacent to an activating group) is 1. The van der Waals surface area contributed by atoms with Gasteiger partial charge in [-0.05, 0) is 54.2 Å². The molecule has 1 heterocycles. The predicted molar refractivity (Wildman–Crippen MR) is 151 cm³/mol. The predicted octanol–water partition coefficient (Wildman–Crippen LogP) is 5.89. The van der Waals surface area contributed by atoms with Gasteiger partial charge in [0.05, 0.1) is 14.2 Å². The Labute approximate surface area is 228 Å². The van der Waals surface area contributed by atoms with E-state index >= 15 is 0 Å². The molecule has 2 aromatic carbocycles. The summed E-state index contributed by atoms with van der Waals surface area (Å²) < 4.78 is 10.7. The first kappa shape index (κ1) is 28.6. The highest BCUT2D eigenvalue weighted by molar-refractivity contribution is 7.98. The van der Waals surface area contributed by atoms with E-state index in [4.69, 9.17) is 26.1 Å². The van der Waals surface area contributed by atoms with E-state index in [1.807, 2.05) is 49.5 Å². The van der Waals surface area contributed by atoms with E-state index in [-0.39, 0.29) is 5.91 Å². The minimum absolute atomic E-state index is 0.0510. The maximum atomic E-state index is 12.5. The van der Waals surface area contributed by atoms with Crippen LogP contribution in [0.15, 0.2) is 53.7 Å². The molecule has 0 aliphatic heterocycles. The van der Waals surface area contributed by atoms with Crippen molar-refractivity contribution in [2.24, 2.45) is 5.92 Å². The Morgan fingerprint density at radius 3 is 2.57 bits per heavy atom. The lowest BCUT2D eigenvalue weighted by molar-refractivity contribution is 0.0952. The van der Waals surface area contributed by atoms with Crippen molar-refractivity contribution in [2.75, 3.05) is 39.3 Å². The zero-order valence-electron chi connectivity index (χ0n) is 22.1. The molecule has 1 amide bonds. The van der Waals surface area contributed by atoms with Crippen LogP contribution in [0, 0.1) is 5.92 Å². The summed E-state index contributed by atoms with van der Waals surface area (Å²) >= 11 is 7.82. The molecule has 0 atom stereocenters. The molecule has 0 saturated carbocycles. The van der Waals surface area contributed by atoms with Crippen molar-refractivity contribution in [3.05, 3.63) is 70.4 Å². The second-order valence-corrected chi connectivity index (χ2v) is 10.4. The van der Waals surface area contributed by atoms with Gasteiger partial charge in [-0.3, -0.25) is 4.79 Å². The molecule has 0 saturated heterocycles. The summed E-state index contributed by atoms with van der Waals surface area (Å²) in [4.78, 5) is 23.6. The Hall–Kier alpha value is -2.97. The monoisotopic (exact) mass is 542 g/mol. The number of anilines is 1. The first-order valence-electron chi connectivity index (χ1n) is 12.3. The van der Waals surface area contributed by atoms with Crippen molar-refractivity contribution in [1.82, 2.24) is 15.3 Å². The van der Waals surface area contributed by atoms with Crippen LogP contribution >= 0.6 is 23.4 Å². The molecule has 0 radical (unpaired) electrons. The first-order valence-corrected chi connectivity index (χ1v) is 13.6. The normalized spacial score (nSPS) is 10.9. The average Bonchev–Trinajstić information content (AvgIpc) is 2.89. The van der Waals surface area contributed by atoms with E-state index in [1.165, 1.54) is 11.8 Å². The highest BCUT2D eigenvalue weighted by Gasteiger charge is 2.12. The highest BCUT2D eigenvalue weighted by Crippen LogP contribution is 2.28. The summed E-state index contributed by atoms with van der Waals surface area (Å²) in [5, 5.41) is 3.97. The summed E-state index contributed by atoms with van der Waals surface area (Å²) in [7, 11) is 5.24. The minimum atomic E-state index is -0.0510. The fourth-order valence-electron chi connectivity index (χ4n) is 3.62. The molecule has 198 valence electrons. The number of hydrogen-bond acceptors (Lipinski definition) is 7. The van der Waals surface area contributed by atoms with Crippen LogP contribution in [0.4, 0.5) is 5.82 Å². The summed E-state index contributed by atoms with van der Waals surface area (Å²) in [6.45, 7) is 5.70. The van der Waals surface area contributed by atoms with Gasteiger partial charge in [-0.2, -0.15) is 0 Å². The number of hydrogen-bond donors (Lipinski definition) is 1. The molecular weight excluding hydrogens is 508 g/mol. The molecule has 0 unspecified atom stereocenters. The van der Waals surface area contributed by atoms with E-state index in [2.05, 4.69) is 29.0 Å². The number of aromatic nitrogens is 2. The first-order chi connectivity index (χ1) is 17.8. The fourth-order valence-corrected chi connectivity index (χ4v) is 4.64. The van der Waals surface area contributed by atoms with Gasteiger partial charge in [0.15, 0.2) is 16.7 Å². The van der Waals surface area contributed by atoms with Crippen molar-refractivity contribution in [3.8, 4) is 11.5 Å². The van der Waals surface area contributed by atoms with Crippen LogP contribution in [0.1, 0.15) is 41.8 Å². The Kier molecular flexibility index (Phi) is 10.9. The third-order valence-corrected chi connectivity index (χ3v) is 6.91. The summed E-state index contributed by atoms with van der Waals surface area (Å²) in [5.74, 6) is 3.30. The maximum Gasteiger partial charge on any atom is 0.251 e. The lowest BCUT2D eigenvalue weighted by Gasteiger charge is -2.19. The van der Waals surface area contributed by atoms with E-state index < -0.39 is 0 Å². The van der Waals surface area contributed by atoms with E-state index in [0.29, 0.717) is 45.6 Å². The number of rotatable bonds is 13. The van der Waals surface area contributed by atoms with E-state index in [0.717, 1.165) is 36.3 Å². The van der Waals surface area contributed by atoms with Gasteiger partial charge in [-0.1, -0.05) is 55.4 Å². The number of carbonyl (C=O) groups excluding carboxylic acids is 1. The van der Waals surface area contributed by atoms with Crippen LogP contribution in [0.3, 0.4) is 0 Å². The second-order valence-electron chi connectivity index (χ2n) is 9.12. The second kappa shape index (κ2) is 14.1. The summed E-state index contributed by atoms with van der Waals surface area (Å²) in [6, 6.07) is 15.3. The number of carbonyl (C=O) groups is 1. The molecule has 1 aromatic heterocycles. The molecule has 3 aromatic rings. The van der Waals surface area contributed by atoms with Crippen LogP contribution < -0.4 is 19.7 Å². The standard InChI is InChI=1S/C28H35ClN4O3S/c1-19(2)11-13-30-27(34)22-8-6-7-21(15-22)18-37-28-31-25(29)17-26(32-28)33(3)14-12-20-9-10-23(35-4)24(16-20)36-5/h6-10,15-17,19H,11-14,18H2,1-5H3,(H,30,34). The van der Waals surface area contributed by atoms with Crippen LogP contribution in [-0.4, -0.2) is 50.2 Å². The van der Waals surface area contributed by atoms with Gasteiger partial charge in [0.2, 0.25) is 0 Å². The molecule has 9 heteroatoms. The maximum absolute atomic E-state index is 12.5. The van der Waals surface area contributed by atoms with Crippen molar-refractivity contribution in [2.45, 2.75) is 37.6 Å². The fraction of sp³-hybridized carbons (Fsp3) is 0.393. The third-order valence-electron chi connectivity index (χ3n) is 5.80. The Balaban J connectivity index is 1.60. The Morgan fingerprint density at radius 1 is 1.05 bits per heavy atom. The third kappa shape index (κ3) is 8.83. The lowest BCUT2D eigenvalue weighted by atomic mass is 10.1. The lowest BCUT2D eigenvalue weighted by Crippen LogP contribution is -2.25. The SMILES string of the molecule is COc1ccc(CCN(C)c2cc(Cl)nc(SCc3cccc(C(=O)NCCC(C)C)c3)n2)cc1OC. The number of halogens is 1. The van der Waals surface area contributed by atoms with Gasteiger partial charge in [0.1, 0.15) is 11.0 Å². The number of ether oxygens (including phenoxy) is 2. The molecule has 0 spiro atoms. The van der Waals surface area contributed by atoms with Gasteiger partial charge in [-0.15, -0.1) is 0 Å². The zero-order chi connectivity index (χ0) is 26.8. The summed E-state index contributed by atoms with van der Waals surface area (Å²) in [6.07, 6.45) is 1.76. The van der Waals surface area contributed by atoms with Gasteiger partial charge in [-0.25, -0.2) is 9.97 Å². The number of amides is 1. The zero-order valence-corrected chi connectivity index (χ0v) is 23.7. The van der Waals surface area contributed by atoms with Crippen molar-refractivity contribution < 1.29 is 14.3 Å². The number of thioether (sulfide) groups is 1. The number of benzene rings is 2. The molecule has 7 nitrogen and oxygen atoms in total. The van der Waals surface area contributed by atoms with Crippen LogP contribution in [-0.2, 0) is 12.2 Å². The molecule has 3 rings (SSSR count). The van der Waals surface area contributed by atoms with Gasteiger partial charge in [0.25, 0.3) is 5.91 Å². The molecule has 1 N–H and O–H groups in total. The van der Waals surface area contributed by atoms with Crippen molar-refractivity contribution >= 4 is 35.1 Å². The van der Waals surface area contributed by atoms with Gasteiger partial charge < -0.3 is 19.7 Å². The van der Waals surface area contributed by atoms with E-state index in [1.54, 1.807) is 20.3 Å². The number of methoxy groups -OCH3 is 2. The van der Waals surface area contributed by atoms with Crippen LogP contribution in [0.5, 0.6) is 11.5 Å². The minimum Gasteiger partial charge on any atom is -0.493 e. The molecule has 0 aliphatic carbocycles. The molecule has 0 aliphatic rings. The topological polar surface area (TPSA) is 76.6 Å². The number of nitrogens with zero attached hydrogens (tertiary/aromatic N) is 3. The Bertz CT molecular complexity index is 1190. The molecular formula is C28H35ClN4O3S. The average molecular weight is 543 g/mol. The summed E-state index contributed by atoms with van der Waals surface area (Å²) in [5.41, 5.74) is 2.81. The molecule has 0 fully saturated rings. The quantitative estimate of drug-likeness (QED) is 0.164. The van der Waals surface area contributed by atoms with Gasteiger partial charge >= 0.3 is 0 Å². The smallest absolute Gasteiger partial charge is 0.251 e. The van der Waals surface area contributed by atoms with Crippen LogP contribution in [0.2, 0.25) is 5.15 Å². The number of nitrogens with one attached hydrogen (secondary N) is 1. The van der Waals surface area contributed by atoms with Gasteiger partial charge in [0, 0.05) is 37.5 Å². The van der Waals surface area contributed by atoms with Crippen LogP contribution in [0.25, 0.3) is 0 Å². The van der Waals surface area contributed by atoms with Crippen molar-refractivity contribution in [3.63, 3.8) is 0 Å². The van der Waals surface area contributed by atoms with Crippen molar-refractivity contribution in [1.29, 1.82) is 0 Å². The Morgan fingerprint density at radius 2 is 1.84 bits per heavy atom. The van der Waals surface area contributed by atoms with E-state index in [9.17, 15) is 4.79 Å².